The van der Waals surface area contributed by atoms with E-state index in [9.17, 15) is 10.4 Å². The van der Waals surface area contributed by atoms with Crippen LogP contribution in [0.5, 0.6) is 5.75 Å². The van der Waals surface area contributed by atoms with Crippen molar-refractivity contribution in [2.75, 3.05) is 18.8 Å². The number of aromatic nitrogens is 4. The fourth-order valence-corrected chi connectivity index (χ4v) is 3.32. The number of aromatic hydroxyl groups is 1. The Morgan fingerprint density at radius 3 is 2.80 bits per heavy atom. The van der Waals surface area contributed by atoms with Gasteiger partial charge in [-0.1, -0.05) is 0 Å². The Labute approximate surface area is 144 Å². The molecule has 8 nitrogen and oxygen atoms in total. The van der Waals surface area contributed by atoms with Gasteiger partial charge in [0.2, 0.25) is 0 Å². The molecule has 0 saturated carbocycles. The number of rotatable bonds is 2. The summed E-state index contributed by atoms with van der Waals surface area (Å²) in [6, 6.07) is 6.85. The average Bonchev–Trinajstić information content (AvgIpc) is 3.03. The monoisotopic (exact) mass is 335 g/mol. The van der Waals surface area contributed by atoms with Gasteiger partial charge in [0.15, 0.2) is 11.8 Å². The molecule has 1 saturated heterocycles. The van der Waals surface area contributed by atoms with Crippen LogP contribution in [0.4, 0.5) is 5.82 Å². The van der Waals surface area contributed by atoms with E-state index in [1.165, 1.54) is 6.33 Å². The molecule has 0 amide bonds. The predicted molar refractivity (Wildman–Crippen MR) is 92.3 cm³/mol. The number of hydrogen-bond donors (Lipinski definition) is 2. The molecule has 3 aromatic rings. The molecule has 1 aromatic carbocycles. The van der Waals surface area contributed by atoms with Gasteiger partial charge in [-0.05, 0) is 37.1 Å². The molecule has 0 aliphatic carbocycles. The first kappa shape index (κ1) is 15.2. The first-order valence-corrected chi connectivity index (χ1v) is 8.10. The summed E-state index contributed by atoms with van der Waals surface area (Å²) >= 11 is 0. The van der Waals surface area contributed by atoms with E-state index >= 15 is 0 Å². The Bertz CT molecular complexity index is 958. The van der Waals surface area contributed by atoms with Crippen molar-refractivity contribution in [3.8, 4) is 23.2 Å². The number of phenolic OH excluding ortho intramolecular Hbond substituents is 1. The number of benzene rings is 1. The normalized spacial score (nSPS) is 17.6. The molecule has 1 atom stereocenters. The van der Waals surface area contributed by atoms with Crippen molar-refractivity contribution in [3.63, 3.8) is 0 Å². The van der Waals surface area contributed by atoms with Crippen LogP contribution in [0.15, 0.2) is 30.6 Å². The topological polar surface area (TPSA) is 117 Å². The third kappa shape index (κ3) is 2.59. The quantitative estimate of drug-likeness (QED) is 0.687. The lowest BCUT2D eigenvalue weighted by Gasteiger charge is -2.28. The lowest BCUT2D eigenvalue weighted by atomic mass is 10.1. The summed E-state index contributed by atoms with van der Waals surface area (Å²) in [5.41, 5.74) is 8.28. The molecule has 8 heteroatoms. The van der Waals surface area contributed by atoms with E-state index in [0.29, 0.717) is 29.1 Å². The van der Waals surface area contributed by atoms with Crippen LogP contribution in [0.1, 0.15) is 18.9 Å². The number of piperidine rings is 1. The third-order valence-corrected chi connectivity index (χ3v) is 4.54. The average molecular weight is 335 g/mol. The van der Waals surface area contributed by atoms with Gasteiger partial charge >= 0.3 is 0 Å². The molecular formula is C17H17N7O. The van der Waals surface area contributed by atoms with Crippen LogP contribution in [0, 0.1) is 11.5 Å². The summed E-state index contributed by atoms with van der Waals surface area (Å²) in [7, 11) is 0. The fourth-order valence-electron chi connectivity index (χ4n) is 3.32. The van der Waals surface area contributed by atoms with Crippen LogP contribution < -0.4 is 5.73 Å². The van der Waals surface area contributed by atoms with Crippen LogP contribution in [0.3, 0.4) is 0 Å². The molecule has 1 aliphatic rings. The summed E-state index contributed by atoms with van der Waals surface area (Å²) in [4.78, 5) is 10.2. The molecule has 4 rings (SSSR count). The smallest absolute Gasteiger partial charge is 0.179 e. The van der Waals surface area contributed by atoms with Crippen LogP contribution >= 0.6 is 0 Å². The molecule has 0 spiro atoms. The number of nitrogens with zero attached hydrogens (tertiary/aromatic N) is 6. The van der Waals surface area contributed by atoms with Crippen LogP contribution in [0.2, 0.25) is 0 Å². The number of fused-ring (bicyclic) bond motifs is 1. The molecule has 3 heterocycles. The highest BCUT2D eigenvalue weighted by atomic mass is 16.3. The van der Waals surface area contributed by atoms with Crippen molar-refractivity contribution in [3.05, 3.63) is 30.6 Å². The fraction of sp³-hybridized carbons (Fsp3) is 0.294. The van der Waals surface area contributed by atoms with E-state index in [4.69, 9.17) is 10.8 Å². The first-order valence-electron chi connectivity index (χ1n) is 8.10. The van der Waals surface area contributed by atoms with Crippen molar-refractivity contribution in [1.82, 2.24) is 24.6 Å². The van der Waals surface area contributed by atoms with Crippen molar-refractivity contribution in [2.24, 2.45) is 0 Å². The van der Waals surface area contributed by atoms with E-state index in [-0.39, 0.29) is 11.8 Å². The molecule has 1 aliphatic heterocycles. The number of nitrogen functional groups attached to an aromatic ring is 1. The number of nitrogens with two attached hydrogens (primary N) is 1. The van der Waals surface area contributed by atoms with E-state index in [1.807, 2.05) is 4.68 Å². The number of likely N-dealkylation sites (tertiary alicyclic amines) is 1. The van der Waals surface area contributed by atoms with Gasteiger partial charge in [-0.3, -0.25) is 0 Å². The van der Waals surface area contributed by atoms with Gasteiger partial charge in [-0.15, -0.1) is 0 Å². The number of phenols is 1. The second-order valence-corrected chi connectivity index (χ2v) is 6.14. The summed E-state index contributed by atoms with van der Waals surface area (Å²) in [5.74, 6) is 0.556. The molecular weight excluding hydrogens is 318 g/mol. The molecule has 1 fully saturated rings. The zero-order chi connectivity index (χ0) is 17.4. The van der Waals surface area contributed by atoms with Gasteiger partial charge < -0.3 is 15.7 Å². The highest BCUT2D eigenvalue weighted by Gasteiger charge is 2.26. The van der Waals surface area contributed by atoms with Crippen LogP contribution in [0.25, 0.3) is 22.3 Å². The molecule has 3 N–H and O–H groups in total. The Kier molecular flexibility index (Phi) is 3.61. The van der Waals surface area contributed by atoms with Gasteiger partial charge in [0.05, 0.1) is 18.0 Å². The van der Waals surface area contributed by atoms with Crippen molar-refractivity contribution in [1.29, 1.82) is 5.26 Å². The lowest BCUT2D eigenvalue weighted by molar-refractivity contribution is 0.236. The highest BCUT2D eigenvalue weighted by Crippen LogP contribution is 2.34. The molecule has 126 valence electrons. The zero-order valence-electron chi connectivity index (χ0n) is 13.5. The maximum absolute atomic E-state index is 9.53. The minimum atomic E-state index is 0.0519. The van der Waals surface area contributed by atoms with Gasteiger partial charge in [0, 0.05) is 12.1 Å². The SMILES string of the molecule is N#CN1CCCC(n2nc(-c3ccc(O)cc3)c3c(N)ncnc32)C1. The Morgan fingerprint density at radius 1 is 1.24 bits per heavy atom. The van der Waals surface area contributed by atoms with Gasteiger partial charge in [0.25, 0.3) is 0 Å². The third-order valence-electron chi connectivity index (χ3n) is 4.54. The first-order chi connectivity index (χ1) is 12.2. The Hall–Kier alpha value is -3.34. The summed E-state index contributed by atoms with van der Waals surface area (Å²) in [6.07, 6.45) is 5.50. The molecule has 25 heavy (non-hydrogen) atoms. The highest BCUT2D eigenvalue weighted by molar-refractivity contribution is 5.98. The number of nitriles is 1. The van der Waals surface area contributed by atoms with E-state index in [2.05, 4.69) is 16.2 Å². The largest absolute Gasteiger partial charge is 0.508 e. The molecule has 2 aromatic heterocycles. The Morgan fingerprint density at radius 2 is 2.04 bits per heavy atom. The Balaban J connectivity index is 1.87. The second kappa shape index (κ2) is 5.94. The van der Waals surface area contributed by atoms with Crippen LogP contribution in [-0.2, 0) is 0 Å². The zero-order valence-corrected chi connectivity index (χ0v) is 13.5. The maximum Gasteiger partial charge on any atom is 0.179 e. The summed E-state index contributed by atoms with van der Waals surface area (Å²) in [6.45, 7) is 1.38. The minimum absolute atomic E-state index is 0.0519. The van der Waals surface area contributed by atoms with Gasteiger partial charge in [0.1, 0.15) is 23.6 Å². The summed E-state index contributed by atoms with van der Waals surface area (Å²) in [5, 5.41) is 24.2. The second-order valence-electron chi connectivity index (χ2n) is 6.14. The van der Waals surface area contributed by atoms with Crippen LogP contribution in [-0.4, -0.2) is 42.8 Å². The van der Waals surface area contributed by atoms with Crippen molar-refractivity contribution in [2.45, 2.75) is 18.9 Å². The standard InChI is InChI=1S/C17H17N7O/c18-9-23-7-1-2-12(8-23)24-17-14(16(19)20-10-21-17)15(22-24)11-3-5-13(25)6-4-11/h3-6,10,12,25H,1-2,7-8H2,(H2,19,20,21). The van der Waals surface area contributed by atoms with Crippen molar-refractivity contribution >= 4 is 16.9 Å². The minimum Gasteiger partial charge on any atom is -0.508 e. The molecule has 0 bridgehead atoms. The number of hydrogen-bond acceptors (Lipinski definition) is 7. The van der Waals surface area contributed by atoms with Gasteiger partial charge in [-0.2, -0.15) is 10.4 Å². The van der Waals surface area contributed by atoms with E-state index < -0.39 is 0 Å². The molecule has 1 unspecified atom stereocenters. The molecule has 0 radical (unpaired) electrons. The maximum atomic E-state index is 9.53. The number of anilines is 1. The van der Waals surface area contributed by atoms with E-state index in [1.54, 1.807) is 29.2 Å². The van der Waals surface area contributed by atoms with E-state index in [0.717, 1.165) is 24.9 Å². The van der Waals surface area contributed by atoms with Crippen molar-refractivity contribution < 1.29 is 5.11 Å². The summed E-state index contributed by atoms with van der Waals surface area (Å²) < 4.78 is 1.86. The lowest BCUT2D eigenvalue weighted by Crippen LogP contribution is -2.33. The predicted octanol–water partition coefficient (Wildman–Crippen LogP) is 1.90. The van der Waals surface area contributed by atoms with Gasteiger partial charge in [-0.25, -0.2) is 14.6 Å².